The standard InChI is InChI=1S/C11H7F2NO4/c12-10(13)17-8-4-3-7(18-11(15)16)6-2-1-5-14-9(6)8/h1-5,10H,(H,15,16). The van der Waals surface area contributed by atoms with Crippen LogP contribution in [0.15, 0.2) is 30.5 Å². The summed E-state index contributed by atoms with van der Waals surface area (Å²) in [5.74, 6) is -0.134. The number of carboxylic acid groups (broad SMARTS) is 1. The summed E-state index contributed by atoms with van der Waals surface area (Å²) in [5.41, 5.74) is 0.108. The number of rotatable bonds is 3. The molecule has 7 heteroatoms. The van der Waals surface area contributed by atoms with Crippen molar-refractivity contribution in [1.82, 2.24) is 4.98 Å². The van der Waals surface area contributed by atoms with Crippen molar-refractivity contribution in [3.8, 4) is 11.5 Å². The lowest BCUT2D eigenvalue weighted by atomic mass is 10.2. The van der Waals surface area contributed by atoms with Crippen LogP contribution in [-0.4, -0.2) is 22.9 Å². The Kier molecular flexibility index (Phi) is 3.22. The first-order valence-electron chi connectivity index (χ1n) is 4.81. The van der Waals surface area contributed by atoms with Crippen molar-refractivity contribution >= 4 is 17.1 Å². The normalized spacial score (nSPS) is 10.6. The second-order valence-corrected chi connectivity index (χ2v) is 3.21. The second-order valence-electron chi connectivity index (χ2n) is 3.21. The third-order valence-electron chi connectivity index (χ3n) is 2.11. The van der Waals surface area contributed by atoms with E-state index in [2.05, 4.69) is 14.5 Å². The number of alkyl halides is 2. The van der Waals surface area contributed by atoms with Crippen LogP contribution in [0.2, 0.25) is 0 Å². The highest BCUT2D eigenvalue weighted by molar-refractivity contribution is 5.91. The van der Waals surface area contributed by atoms with E-state index in [4.69, 9.17) is 5.11 Å². The molecule has 0 aliphatic carbocycles. The molecule has 1 heterocycles. The van der Waals surface area contributed by atoms with Gasteiger partial charge in [0.15, 0.2) is 5.75 Å². The first kappa shape index (κ1) is 12.0. The van der Waals surface area contributed by atoms with Gasteiger partial charge in [-0.2, -0.15) is 8.78 Å². The molecule has 0 atom stereocenters. The second kappa shape index (κ2) is 4.82. The first-order chi connectivity index (χ1) is 8.58. The topological polar surface area (TPSA) is 68.7 Å². The lowest BCUT2D eigenvalue weighted by Crippen LogP contribution is -2.06. The van der Waals surface area contributed by atoms with Gasteiger partial charge >= 0.3 is 12.8 Å². The summed E-state index contributed by atoms with van der Waals surface area (Å²) in [4.78, 5) is 14.4. The third kappa shape index (κ3) is 2.45. The van der Waals surface area contributed by atoms with Crippen molar-refractivity contribution in [2.45, 2.75) is 6.61 Å². The Morgan fingerprint density at radius 2 is 2.00 bits per heavy atom. The van der Waals surface area contributed by atoms with Gasteiger partial charge in [0.05, 0.1) is 0 Å². The summed E-state index contributed by atoms with van der Waals surface area (Å²) in [6.07, 6.45) is -0.117. The molecule has 0 saturated carbocycles. The molecule has 0 aliphatic rings. The molecule has 1 aromatic heterocycles. The molecule has 0 radical (unpaired) electrons. The summed E-state index contributed by atoms with van der Waals surface area (Å²) in [6, 6.07) is 5.44. The molecular weight excluding hydrogens is 248 g/mol. The zero-order valence-corrected chi connectivity index (χ0v) is 8.84. The number of nitrogens with zero attached hydrogens (tertiary/aromatic N) is 1. The van der Waals surface area contributed by atoms with Crippen molar-refractivity contribution in [1.29, 1.82) is 0 Å². The molecule has 2 rings (SSSR count). The van der Waals surface area contributed by atoms with Gasteiger partial charge in [-0.05, 0) is 24.3 Å². The van der Waals surface area contributed by atoms with Crippen LogP contribution in [-0.2, 0) is 0 Å². The van der Waals surface area contributed by atoms with E-state index in [0.29, 0.717) is 0 Å². The van der Waals surface area contributed by atoms with E-state index in [1.165, 1.54) is 30.5 Å². The van der Waals surface area contributed by atoms with E-state index in [-0.39, 0.29) is 22.4 Å². The smallest absolute Gasteiger partial charge is 0.449 e. The molecule has 0 fully saturated rings. The summed E-state index contributed by atoms with van der Waals surface area (Å²) in [7, 11) is 0. The molecule has 0 amide bonds. The van der Waals surface area contributed by atoms with E-state index in [1.54, 1.807) is 0 Å². The maximum Gasteiger partial charge on any atom is 0.511 e. The number of pyridine rings is 1. The van der Waals surface area contributed by atoms with Crippen LogP contribution in [0.4, 0.5) is 13.6 Å². The van der Waals surface area contributed by atoms with E-state index in [9.17, 15) is 13.6 Å². The molecule has 0 unspecified atom stereocenters. The van der Waals surface area contributed by atoms with E-state index in [0.717, 1.165) is 0 Å². The van der Waals surface area contributed by atoms with Crippen LogP contribution in [0.3, 0.4) is 0 Å². The summed E-state index contributed by atoms with van der Waals surface area (Å²) < 4.78 is 33.2. The number of halogens is 2. The fraction of sp³-hybridized carbons (Fsp3) is 0.0909. The quantitative estimate of drug-likeness (QED) is 0.674. The maximum absolute atomic E-state index is 12.2. The fourth-order valence-electron chi connectivity index (χ4n) is 1.49. The molecule has 5 nitrogen and oxygen atoms in total. The van der Waals surface area contributed by atoms with E-state index < -0.39 is 12.8 Å². The summed E-state index contributed by atoms with van der Waals surface area (Å²) in [5, 5.41) is 8.82. The Morgan fingerprint density at radius 3 is 2.67 bits per heavy atom. The molecule has 0 saturated heterocycles. The van der Waals surface area contributed by atoms with Gasteiger partial charge in [0, 0.05) is 11.6 Å². The average molecular weight is 255 g/mol. The third-order valence-corrected chi connectivity index (χ3v) is 2.11. The Balaban J connectivity index is 2.54. The number of aromatic nitrogens is 1. The molecule has 2 aromatic rings. The lowest BCUT2D eigenvalue weighted by molar-refractivity contribution is -0.0489. The number of fused-ring (bicyclic) bond motifs is 1. The van der Waals surface area contributed by atoms with Crippen LogP contribution in [0.1, 0.15) is 0 Å². The molecule has 0 aliphatic heterocycles. The van der Waals surface area contributed by atoms with Gasteiger partial charge in [0.1, 0.15) is 11.3 Å². The van der Waals surface area contributed by atoms with Crippen molar-refractivity contribution in [2.24, 2.45) is 0 Å². The van der Waals surface area contributed by atoms with E-state index in [1.807, 2.05) is 0 Å². The SMILES string of the molecule is O=C(O)Oc1ccc(OC(F)F)c2ncccc12. The Morgan fingerprint density at radius 1 is 1.28 bits per heavy atom. The summed E-state index contributed by atoms with van der Waals surface area (Å²) >= 11 is 0. The minimum atomic E-state index is -2.98. The van der Waals surface area contributed by atoms with Gasteiger partial charge in [-0.1, -0.05) is 0 Å². The maximum atomic E-state index is 12.2. The zero-order chi connectivity index (χ0) is 13.1. The van der Waals surface area contributed by atoms with Gasteiger partial charge < -0.3 is 14.6 Å². The number of hydrogen-bond donors (Lipinski definition) is 1. The van der Waals surface area contributed by atoms with Crippen LogP contribution < -0.4 is 9.47 Å². The molecule has 0 bridgehead atoms. The largest absolute Gasteiger partial charge is 0.511 e. The molecular formula is C11H7F2NO4. The number of benzene rings is 1. The van der Waals surface area contributed by atoms with Crippen LogP contribution in [0.25, 0.3) is 10.9 Å². The van der Waals surface area contributed by atoms with Crippen LogP contribution in [0.5, 0.6) is 11.5 Å². The van der Waals surface area contributed by atoms with Crippen molar-refractivity contribution < 1.29 is 28.2 Å². The number of hydrogen-bond acceptors (Lipinski definition) is 4. The van der Waals surface area contributed by atoms with Crippen molar-refractivity contribution in [2.75, 3.05) is 0 Å². The predicted molar refractivity (Wildman–Crippen MR) is 57.0 cm³/mol. The fourth-order valence-corrected chi connectivity index (χ4v) is 1.49. The average Bonchev–Trinajstić information content (AvgIpc) is 2.31. The highest BCUT2D eigenvalue weighted by Crippen LogP contribution is 2.32. The first-order valence-corrected chi connectivity index (χ1v) is 4.81. The van der Waals surface area contributed by atoms with Crippen LogP contribution >= 0.6 is 0 Å². The molecule has 1 N–H and O–H groups in total. The summed E-state index contributed by atoms with van der Waals surface area (Å²) in [6.45, 7) is -2.98. The Hall–Kier alpha value is -2.44. The molecule has 18 heavy (non-hydrogen) atoms. The van der Waals surface area contributed by atoms with Gasteiger partial charge in [0.2, 0.25) is 0 Å². The zero-order valence-electron chi connectivity index (χ0n) is 8.84. The highest BCUT2D eigenvalue weighted by Gasteiger charge is 2.14. The van der Waals surface area contributed by atoms with E-state index >= 15 is 0 Å². The van der Waals surface area contributed by atoms with Crippen molar-refractivity contribution in [3.63, 3.8) is 0 Å². The minimum absolute atomic E-state index is 0.00668. The molecule has 1 aromatic carbocycles. The van der Waals surface area contributed by atoms with Gasteiger partial charge in [0.25, 0.3) is 0 Å². The van der Waals surface area contributed by atoms with Crippen molar-refractivity contribution in [3.05, 3.63) is 30.5 Å². The van der Waals surface area contributed by atoms with Gasteiger partial charge in [-0.3, -0.25) is 4.98 Å². The molecule has 0 spiro atoms. The highest BCUT2D eigenvalue weighted by atomic mass is 19.3. The van der Waals surface area contributed by atoms with Gasteiger partial charge in [-0.25, -0.2) is 4.79 Å². The Labute approximate surface area is 99.6 Å². The minimum Gasteiger partial charge on any atom is -0.449 e. The number of carbonyl (C=O) groups is 1. The Bertz CT molecular complexity index is 588. The lowest BCUT2D eigenvalue weighted by Gasteiger charge is -2.09. The number of ether oxygens (including phenoxy) is 2. The molecule has 94 valence electrons. The van der Waals surface area contributed by atoms with Gasteiger partial charge in [-0.15, -0.1) is 0 Å². The monoisotopic (exact) mass is 255 g/mol. The predicted octanol–water partition coefficient (Wildman–Crippen LogP) is 2.89. The van der Waals surface area contributed by atoms with Crippen LogP contribution in [0, 0.1) is 0 Å².